The van der Waals surface area contributed by atoms with Crippen LogP contribution in [0.5, 0.6) is 0 Å². The fourth-order valence-corrected chi connectivity index (χ4v) is 3.50. The summed E-state index contributed by atoms with van der Waals surface area (Å²) in [4.78, 5) is 22.6. The Morgan fingerprint density at radius 2 is 1.29 bits per heavy atom. The van der Waals surface area contributed by atoms with E-state index in [1.165, 1.54) is 19.3 Å². The molecule has 0 aliphatic heterocycles. The van der Waals surface area contributed by atoms with Crippen LogP contribution in [-0.4, -0.2) is 35.7 Å². The van der Waals surface area contributed by atoms with E-state index in [0.717, 1.165) is 50.7 Å². The van der Waals surface area contributed by atoms with E-state index in [0.29, 0.717) is 0 Å². The number of hydrogen-bond donors (Lipinski definition) is 1. The Morgan fingerprint density at radius 3 is 1.71 bits per heavy atom. The van der Waals surface area contributed by atoms with Crippen molar-refractivity contribution in [2.75, 3.05) is 18.6 Å². The molecule has 0 heterocycles. The van der Waals surface area contributed by atoms with Crippen LogP contribution >= 0.6 is 11.8 Å². The highest BCUT2D eigenvalue weighted by Gasteiger charge is 2.27. The van der Waals surface area contributed by atoms with Gasteiger partial charge in [0.15, 0.2) is 0 Å². The zero-order valence-corrected chi connectivity index (χ0v) is 17.0. The maximum Gasteiger partial charge on any atom is 0.311 e. The van der Waals surface area contributed by atoms with Crippen LogP contribution < -0.4 is 0 Å². The minimum atomic E-state index is -0.702. The minimum Gasteiger partial charge on any atom is -0.481 e. The molecule has 0 amide bonds. The quantitative estimate of drug-likeness (QED) is 0.343. The Bertz CT molecular complexity index is 378. The predicted molar refractivity (Wildman–Crippen MR) is 101 cm³/mol. The Kier molecular flexibility index (Phi) is 11.4. The second-order valence-corrected chi connectivity index (χ2v) is 9.02. The Balaban J connectivity index is 3.47. The largest absolute Gasteiger partial charge is 0.481 e. The van der Waals surface area contributed by atoms with Crippen molar-refractivity contribution in [1.82, 2.24) is 0 Å². The summed E-state index contributed by atoms with van der Waals surface area (Å²) in [6, 6.07) is 0. The maximum absolute atomic E-state index is 11.6. The number of thioether (sulfide) groups is 1. The molecule has 0 aromatic rings. The maximum atomic E-state index is 11.6. The van der Waals surface area contributed by atoms with Crippen LogP contribution in [0.15, 0.2) is 0 Å². The molecule has 0 atom stereocenters. The van der Waals surface area contributed by atoms with Gasteiger partial charge < -0.3 is 9.84 Å². The molecule has 24 heavy (non-hydrogen) atoms. The van der Waals surface area contributed by atoms with Gasteiger partial charge in [-0.15, -0.1) is 0 Å². The van der Waals surface area contributed by atoms with Gasteiger partial charge in [0.25, 0.3) is 0 Å². The van der Waals surface area contributed by atoms with Crippen molar-refractivity contribution in [3.63, 3.8) is 0 Å². The molecular formula is C19H36O4S. The van der Waals surface area contributed by atoms with Crippen molar-refractivity contribution in [2.45, 2.75) is 79.1 Å². The highest BCUT2D eigenvalue weighted by Crippen LogP contribution is 2.26. The molecule has 0 fully saturated rings. The van der Waals surface area contributed by atoms with Crippen LogP contribution in [0.25, 0.3) is 0 Å². The van der Waals surface area contributed by atoms with Gasteiger partial charge >= 0.3 is 11.9 Å². The summed E-state index contributed by atoms with van der Waals surface area (Å²) in [6.07, 6.45) is 8.29. The number of hydrogen-bond acceptors (Lipinski definition) is 4. The molecule has 0 spiro atoms. The molecule has 142 valence electrons. The lowest BCUT2D eigenvalue weighted by atomic mass is 9.87. The van der Waals surface area contributed by atoms with E-state index >= 15 is 0 Å². The van der Waals surface area contributed by atoms with E-state index in [2.05, 4.69) is 0 Å². The molecule has 0 unspecified atom stereocenters. The number of carbonyl (C=O) groups excluding carboxylic acids is 1. The topological polar surface area (TPSA) is 63.6 Å². The number of carboxylic acids is 1. The predicted octanol–water partition coefficient (Wildman–Crippen LogP) is 5.15. The van der Waals surface area contributed by atoms with Crippen LogP contribution in [0.2, 0.25) is 0 Å². The number of methoxy groups -OCH3 is 1. The monoisotopic (exact) mass is 360 g/mol. The van der Waals surface area contributed by atoms with Crippen LogP contribution in [0.1, 0.15) is 79.1 Å². The van der Waals surface area contributed by atoms with Crippen molar-refractivity contribution >= 4 is 23.7 Å². The smallest absolute Gasteiger partial charge is 0.311 e. The van der Waals surface area contributed by atoms with Gasteiger partial charge in [-0.1, -0.05) is 25.7 Å². The molecule has 0 aromatic heterocycles. The Morgan fingerprint density at radius 1 is 0.833 bits per heavy atom. The van der Waals surface area contributed by atoms with Gasteiger partial charge in [0.05, 0.1) is 17.9 Å². The molecule has 0 aliphatic carbocycles. The lowest BCUT2D eigenvalue weighted by molar-refractivity contribution is -0.151. The van der Waals surface area contributed by atoms with E-state index in [9.17, 15) is 9.59 Å². The van der Waals surface area contributed by atoms with Gasteiger partial charge in [-0.3, -0.25) is 9.59 Å². The Labute approximate surface area is 152 Å². The average molecular weight is 361 g/mol. The summed E-state index contributed by atoms with van der Waals surface area (Å²) in [7, 11) is 1.45. The molecule has 4 nitrogen and oxygen atoms in total. The summed E-state index contributed by atoms with van der Waals surface area (Å²) in [6.45, 7) is 7.48. The molecule has 5 heteroatoms. The SMILES string of the molecule is COC(=O)C(C)(C)CCCCCSCCCCCC(C)(C)C(=O)O. The third-order valence-corrected chi connectivity index (χ3v) is 5.65. The van der Waals surface area contributed by atoms with E-state index < -0.39 is 11.4 Å². The summed E-state index contributed by atoms with van der Waals surface area (Å²) in [5.41, 5.74) is -0.962. The zero-order valence-electron chi connectivity index (χ0n) is 16.2. The zero-order chi connectivity index (χ0) is 18.6. The van der Waals surface area contributed by atoms with Gasteiger partial charge in [-0.05, 0) is 64.9 Å². The van der Waals surface area contributed by atoms with Crippen molar-refractivity contribution in [1.29, 1.82) is 0 Å². The van der Waals surface area contributed by atoms with E-state index in [4.69, 9.17) is 9.84 Å². The van der Waals surface area contributed by atoms with Crippen molar-refractivity contribution in [3.8, 4) is 0 Å². The first-order valence-electron chi connectivity index (χ1n) is 9.03. The van der Waals surface area contributed by atoms with Crippen molar-refractivity contribution in [2.24, 2.45) is 10.8 Å². The molecule has 0 rings (SSSR count). The number of aliphatic carboxylic acids is 1. The molecule has 0 radical (unpaired) electrons. The van der Waals surface area contributed by atoms with Crippen molar-refractivity contribution in [3.05, 3.63) is 0 Å². The lowest BCUT2D eigenvalue weighted by Crippen LogP contribution is -2.25. The number of carbonyl (C=O) groups is 2. The summed E-state index contributed by atoms with van der Waals surface area (Å²) < 4.78 is 4.82. The van der Waals surface area contributed by atoms with E-state index in [-0.39, 0.29) is 11.4 Å². The number of carboxylic acid groups (broad SMARTS) is 1. The Hall–Kier alpha value is -0.710. The molecule has 0 aromatic carbocycles. The highest BCUT2D eigenvalue weighted by atomic mass is 32.2. The van der Waals surface area contributed by atoms with Crippen LogP contribution in [0.3, 0.4) is 0 Å². The first-order valence-corrected chi connectivity index (χ1v) is 10.2. The van der Waals surface area contributed by atoms with Crippen LogP contribution in [0, 0.1) is 10.8 Å². The van der Waals surface area contributed by atoms with E-state index in [1.54, 1.807) is 13.8 Å². The standard InChI is InChI=1S/C19H36O4S/c1-18(2,16(20)21)12-8-6-10-14-24-15-11-7-9-13-19(3,4)17(22)23-5/h6-15H2,1-5H3,(H,20,21). The molecule has 1 N–H and O–H groups in total. The molecule has 0 bridgehead atoms. The number of esters is 1. The molecule has 0 saturated carbocycles. The second-order valence-electron chi connectivity index (χ2n) is 7.80. The lowest BCUT2D eigenvalue weighted by Gasteiger charge is -2.20. The van der Waals surface area contributed by atoms with Gasteiger partial charge in [-0.25, -0.2) is 0 Å². The fourth-order valence-electron chi connectivity index (χ4n) is 2.48. The minimum absolute atomic E-state index is 0.122. The van der Waals surface area contributed by atoms with Gasteiger partial charge in [-0.2, -0.15) is 11.8 Å². The summed E-state index contributed by atoms with van der Waals surface area (Å²) >= 11 is 1.98. The highest BCUT2D eigenvalue weighted by molar-refractivity contribution is 7.99. The average Bonchev–Trinajstić information content (AvgIpc) is 2.51. The first kappa shape index (κ1) is 23.3. The third kappa shape index (κ3) is 10.2. The molecular weight excluding hydrogens is 324 g/mol. The van der Waals surface area contributed by atoms with Gasteiger partial charge in [0.1, 0.15) is 0 Å². The number of rotatable bonds is 14. The second kappa shape index (κ2) is 11.8. The van der Waals surface area contributed by atoms with Gasteiger partial charge in [0.2, 0.25) is 0 Å². The van der Waals surface area contributed by atoms with Crippen LogP contribution in [0.4, 0.5) is 0 Å². The van der Waals surface area contributed by atoms with Crippen molar-refractivity contribution < 1.29 is 19.4 Å². The van der Waals surface area contributed by atoms with Crippen LogP contribution in [-0.2, 0) is 14.3 Å². The number of ether oxygens (including phenoxy) is 1. The number of unbranched alkanes of at least 4 members (excludes halogenated alkanes) is 4. The third-order valence-electron chi connectivity index (χ3n) is 4.50. The molecule has 0 saturated heterocycles. The fraction of sp³-hybridized carbons (Fsp3) is 0.895. The normalized spacial score (nSPS) is 12.2. The molecule has 0 aliphatic rings. The summed E-state index contributed by atoms with van der Waals surface area (Å²) in [5.74, 6) is 1.50. The van der Waals surface area contributed by atoms with Gasteiger partial charge in [0, 0.05) is 0 Å². The van der Waals surface area contributed by atoms with E-state index in [1.807, 2.05) is 25.6 Å². The summed E-state index contributed by atoms with van der Waals surface area (Å²) in [5, 5.41) is 9.05. The first-order chi connectivity index (χ1) is 11.1.